The molecule has 7 heteroatoms. The Bertz CT molecular complexity index is 608. The third-order valence-electron chi connectivity index (χ3n) is 3.40. The van der Waals surface area contributed by atoms with Crippen LogP contribution in [0.1, 0.15) is 29.3 Å². The summed E-state index contributed by atoms with van der Waals surface area (Å²) in [7, 11) is 1.96. The van der Waals surface area contributed by atoms with Crippen molar-refractivity contribution in [1.82, 2.24) is 15.1 Å². The Morgan fingerprint density at radius 2 is 2.24 bits per heavy atom. The fraction of sp³-hybridized carbons (Fsp3) is 0.500. The second kappa shape index (κ2) is 7.11. The molecule has 0 fully saturated rings. The number of amides is 1. The summed E-state index contributed by atoms with van der Waals surface area (Å²) in [6, 6.07) is 1.88. The molecule has 0 unspecified atom stereocenters. The van der Waals surface area contributed by atoms with Gasteiger partial charge in [0.15, 0.2) is 0 Å². The van der Waals surface area contributed by atoms with E-state index in [0.29, 0.717) is 5.13 Å². The lowest BCUT2D eigenvalue weighted by Gasteiger charge is -2.23. The third kappa shape index (κ3) is 4.09. The van der Waals surface area contributed by atoms with Crippen LogP contribution in [0.25, 0.3) is 0 Å². The zero-order valence-corrected chi connectivity index (χ0v) is 14.3. The van der Waals surface area contributed by atoms with E-state index in [1.54, 1.807) is 11.3 Å². The van der Waals surface area contributed by atoms with E-state index >= 15 is 0 Å². The first-order valence-electron chi connectivity index (χ1n) is 6.87. The standard InChI is InChI=1S/C14H20N4OS2/c1-5-12-16-17-14(21-12)15-13(19)10(3)18(4)8-11-9(2)6-7-20-11/h6-7,10H,5,8H2,1-4H3,(H,15,17,19)/t10-/m0/s1. The highest BCUT2D eigenvalue weighted by atomic mass is 32.1. The van der Waals surface area contributed by atoms with Crippen molar-refractivity contribution in [2.75, 3.05) is 12.4 Å². The van der Waals surface area contributed by atoms with Crippen LogP contribution in [0.3, 0.4) is 0 Å². The highest BCUT2D eigenvalue weighted by Gasteiger charge is 2.20. The molecule has 1 atom stereocenters. The molecule has 0 aliphatic carbocycles. The number of anilines is 1. The molecule has 0 aliphatic heterocycles. The van der Waals surface area contributed by atoms with Crippen LogP contribution in [-0.4, -0.2) is 34.1 Å². The van der Waals surface area contributed by atoms with Gasteiger partial charge >= 0.3 is 0 Å². The van der Waals surface area contributed by atoms with E-state index in [1.807, 2.05) is 25.8 Å². The maximum Gasteiger partial charge on any atom is 0.243 e. The molecule has 2 heterocycles. The molecule has 0 spiro atoms. The Kier molecular flexibility index (Phi) is 5.44. The van der Waals surface area contributed by atoms with Crippen molar-refractivity contribution in [2.24, 2.45) is 0 Å². The number of nitrogens with one attached hydrogen (secondary N) is 1. The zero-order chi connectivity index (χ0) is 15.4. The quantitative estimate of drug-likeness (QED) is 0.887. The molecule has 0 aromatic carbocycles. The lowest BCUT2D eigenvalue weighted by Crippen LogP contribution is -2.39. The summed E-state index contributed by atoms with van der Waals surface area (Å²) < 4.78 is 0. The summed E-state index contributed by atoms with van der Waals surface area (Å²) in [6.07, 6.45) is 0.834. The van der Waals surface area contributed by atoms with Gasteiger partial charge in [0, 0.05) is 11.4 Å². The van der Waals surface area contributed by atoms with E-state index < -0.39 is 0 Å². The van der Waals surface area contributed by atoms with Crippen LogP contribution in [0, 0.1) is 6.92 Å². The van der Waals surface area contributed by atoms with Gasteiger partial charge < -0.3 is 0 Å². The van der Waals surface area contributed by atoms with E-state index in [4.69, 9.17) is 0 Å². The number of carbonyl (C=O) groups is 1. The smallest absolute Gasteiger partial charge is 0.243 e. The summed E-state index contributed by atoms with van der Waals surface area (Å²) >= 11 is 3.15. The van der Waals surface area contributed by atoms with Gasteiger partial charge in [-0.05, 0) is 44.3 Å². The molecular formula is C14H20N4OS2. The van der Waals surface area contributed by atoms with Crippen molar-refractivity contribution in [1.29, 1.82) is 0 Å². The minimum atomic E-state index is -0.222. The summed E-state index contributed by atoms with van der Waals surface area (Å²) in [5, 5.41) is 14.4. The fourth-order valence-corrected chi connectivity index (χ4v) is 3.44. The van der Waals surface area contributed by atoms with Gasteiger partial charge in [-0.3, -0.25) is 15.0 Å². The zero-order valence-electron chi connectivity index (χ0n) is 12.7. The number of nitrogens with zero attached hydrogens (tertiary/aromatic N) is 3. The highest BCUT2D eigenvalue weighted by Crippen LogP contribution is 2.19. The SMILES string of the molecule is CCc1nnc(NC(=O)[C@H](C)N(C)Cc2sccc2C)s1. The molecule has 1 amide bonds. The van der Waals surface area contributed by atoms with Crippen molar-refractivity contribution in [3.63, 3.8) is 0 Å². The minimum absolute atomic E-state index is 0.0505. The van der Waals surface area contributed by atoms with Crippen LogP contribution < -0.4 is 5.32 Å². The summed E-state index contributed by atoms with van der Waals surface area (Å²) in [5.41, 5.74) is 1.27. The van der Waals surface area contributed by atoms with E-state index in [1.165, 1.54) is 21.8 Å². The molecule has 2 aromatic heterocycles. The molecule has 0 aliphatic rings. The molecule has 0 radical (unpaired) electrons. The van der Waals surface area contributed by atoms with E-state index in [-0.39, 0.29) is 11.9 Å². The number of aromatic nitrogens is 2. The number of carbonyl (C=O) groups excluding carboxylic acids is 1. The number of thiophene rings is 1. The first-order valence-corrected chi connectivity index (χ1v) is 8.57. The molecule has 5 nitrogen and oxygen atoms in total. The number of rotatable bonds is 6. The third-order valence-corrected chi connectivity index (χ3v) is 5.39. The Labute approximate surface area is 133 Å². The second-order valence-corrected chi connectivity index (χ2v) is 7.02. The highest BCUT2D eigenvalue weighted by molar-refractivity contribution is 7.15. The lowest BCUT2D eigenvalue weighted by molar-refractivity contribution is -0.120. The predicted molar refractivity (Wildman–Crippen MR) is 87.9 cm³/mol. The summed E-state index contributed by atoms with van der Waals surface area (Å²) in [5.74, 6) is -0.0505. The Balaban J connectivity index is 1.93. The maximum absolute atomic E-state index is 12.3. The van der Waals surface area contributed by atoms with Crippen LogP contribution in [0.5, 0.6) is 0 Å². The van der Waals surface area contributed by atoms with Gasteiger partial charge in [0.2, 0.25) is 11.0 Å². The summed E-state index contributed by atoms with van der Waals surface area (Å²) in [4.78, 5) is 15.6. The van der Waals surface area contributed by atoms with Gasteiger partial charge in [0.25, 0.3) is 0 Å². The number of likely N-dealkylation sites (N-methyl/N-ethyl adjacent to an activating group) is 1. The topological polar surface area (TPSA) is 58.1 Å². The molecular weight excluding hydrogens is 304 g/mol. The van der Waals surface area contributed by atoms with Crippen molar-refractivity contribution in [2.45, 2.75) is 39.8 Å². The molecule has 0 saturated heterocycles. The number of hydrogen-bond acceptors (Lipinski definition) is 6. The first kappa shape index (κ1) is 16.1. The lowest BCUT2D eigenvalue weighted by atomic mass is 10.2. The van der Waals surface area contributed by atoms with Gasteiger partial charge in [0.1, 0.15) is 5.01 Å². The average molecular weight is 324 g/mol. The van der Waals surface area contributed by atoms with Crippen LogP contribution >= 0.6 is 22.7 Å². The molecule has 0 saturated carbocycles. The van der Waals surface area contributed by atoms with E-state index in [2.05, 4.69) is 33.9 Å². The van der Waals surface area contributed by atoms with Crippen molar-refractivity contribution in [3.8, 4) is 0 Å². The maximum atomic E-state index is 12.3. The number of hydrogen-bond donors (Lipinski definition) is 1. The first-order chi connectivity index (χ1) is 10.0. The minimum Gasteiger partial charge on any atom is -0.299 e. The molecule has 2 aromatic rings. The van der Waals surface area contributed by atoms with Crippen molar-refractivity contribution in [3.05, 3.63) is 26.9 Å². The van der Waals surface area contributed by atoms with Gasteiger partial charge in [-0.15, -0.1) is 21.5 Å². The summed E-state index contributed by atoms with van der Waals surface area (Å²) in [6.45, 7) is 6.79. The van der Waals surface area contributed by atoms with E-state index in [0.717, 1.165) is 18.0 Å². The Hall–Kier alpha value is -1.31. The van der Waals surface area contributed by atoms with Crippen molar-refractivity contribution >= 4 is 33.7 Å². The molecule has 2 rings (SSSR count). The van der Waals surface area contributed by atoms with Crippen LogP contribution in [0.2, 0.25) is 0 Å². The van der Waals surface area contributed by atoms with Gasteiger partial charge in [-0.25, -0.2) is 0 Å². The van der Waals surface area contributed by atoms with Crippen LogP contribution in [0.4, 0.5) is 5.13 Å². The monoisotopic (exact) mass is 324 g/mol. The van der Waals surface area contributed by atoms with Crippen LogP contribution in [0.15, 0.2) is 11.4 Å². The Morgan fingerprint density at radius 3 is 2.81 bits per heavy atom. The second-order valence-electron chi connectivity index (χ2n) is 4.96. The largest absolute Gasteiger partial charge is 0.299 e. The Morgan fingerprint density at radius 1 is 1.48 bits per heavy atom. The molecule has 0 bridgehead atoms. The molecule has 1 N–H and O–H groups in total. The predicted octanol–water partition coefficient (Wildman–Crippen LogP) is 2.93. The molecule has 114 valence electrons. The van der Waals surface area contributed by atoms with Crippen molar-refractivity contribution < 1.29 is 4.79 Å². The van der Waals surface area contributed by atoms with Gasteiger partial charge in [0.05, 0.1) is 6.04 Å². The van der Waals surface area contributed by atoms with Crippen LogP contribution in [-0.2, 0) is 17.8 Å². The normalized spacial score (nSPS) is 12.6. The number of aryl methyl sites for hydroxylation is 2. The van der Waals surface area contributed by atoms with Gasteiger partial charge in [-0.2, -0.15) is 0 Å². The molecule has 21 heavy (non-hydrogen) atoms. The van der Waals surface area contributed by atoms with Gasteiger partial charge in [-0.1, -0.05) is 18.3 Å². The fourth-order valence-electron chi connectivity index (χ4n) is 1.79. The average Bonchev–Trinajstić information content (AvgIpc) is 3.07. The van der Waals surface area contributed by atoms with E-state index in [9.17, 15) is 4.79 Å².